The Balaban J connectivity index is 1.47. The first-order valence-electron chi connectivity index (χ1n) is 10.4. The van der Waals surface area contributed by atoms with E-state index < -0.39 is 0 Å². The Kier molecular flexibility index (Phi) is 4.44. The summed E-state index contributed by atoms with van der Waals surface area (Å²) >= 11 is 0. The summed E-state index contributed by atoms with van der Waals surface area (Å²) < 4.78 is 11.0. The van der Waals surface area contributed by atoms with E-state index in [4.69, 9.17) is 9.47 Å². The summed E-state index contributed by atoms with van der Waals surface area (Å²) in [7, 11) is 1.65. The molecule has 1 N–H and O–H groups in total. The molecule has 148 valence electrons. The second kappa shape index (κ2) is 6.42. The first-order valence-corrected chi connectivity index (χ1v) is 10.4. The van der Waals surface area contributed by atoms with Crippen LogP contribution in [0.5, 0.6) is 11.5 Å². The zero-order valence-corrected chi connectivity index (χ0v) is 17.2. The van der Waals surface area contributed by atoms with E-state index in [1.165, 1.54) is 19.3 Å². The molecule has 4 fully saturated rings. The van der Waals surface area contributed by atoms with E-state index >= 15 is 0 Å². The first-order chi connectivity index (χ1) is 12.8. The van der Waals surface area contributed by atoms with E-state index in [9.17, 15) is 4.79 Å². The normalized spacial score (nSPS) is 36.5. The maximum Gasteiger partial charge on any atom is 0.226 e. The van der Waals surface area contributed by atoms with Crippen LogP contribution in [-0.4, -0.2) is 19.6 Å². The molecule has 0 aliphatic heterocycles. The molecule has 4 aliphatic rings. The van der Waals surface area contributed by atoms with Crippen LogP contribution in [0.4, 0.5) is 0 Å². The molecule has 4 aliphatic carbocycles. The molecule has 2 atom stereocenters. The lowest BCUT2D eigenvalue weighted by molar-refractivity contribution is -0.170. The Morgan fingerprint density at radius 3 is 2.41 bits per heavy atom. The van der Waals surface area contributed by atoms with Crippen LogP contribution in [0.15, 0.2) is 18.2 Å². The lowest BCUT2D eigenvalue weighted by Crippen LogP contribution is -2.59. The van der Waals surface area contributed by atoms with Crippen molar-refractivity contribution in [3.05, 3.63) is 23.8 Å². The highest BCUT2D eigenvalue weighted by atomic mass is 16.5. The summed E-state index contributed by atoms with van der Waals surface area (Å²) in [6, 6.07) is 5.90. The largest absolute Gasteiger partial charge is 0.493 e. The Bertz CT molecular complexity index is 725. The third-order valence-electron chi connectivity index (χ3n) is 7.09. The van der Waals surface area contributed by atoms with Crippen molar-refractivity contribution in [2.45, 2.75) is 65.8 Å². The lowest BCUT2D eigenvalue weighted by atomic mass is 9.40. The van der Waals surface area contributed by atoms with E-state index in [1.54, 1.807) is 7.11 Å². The number of ether oxygens (including phenoxy) is 2. The molecule has 1 amide bonds. The molecule has 0 radical (unpaired) electrons. The molecule has 5 rings (SSSR count). The third-order valence-corrected chi connectivity index (χ3v) is 7.09. The van der Waals surface area contributed by atoms with Gasteiger partial charge in [-0.15, -0.1) is 0 Å². The molecular formula is C23H33NO3. The first kappa shape index (κ1) is 18.6. The fourth-order valence-electron chi connectivity index (χ4n) is 7.17. The van der Waals surface area contributed by atoms with Gasteiger partial charge < -0.3 is 14.8 Å². The summed E-state index contributed by atoms with van der Waals surface area (Å²) in [6.45, 7) is 7.93. The van der Waals surface area contributed by atoms with Gasteiger partial charge in [0.2, 0.25) is 5.91 Å². The van der Waals surface area contributed by atoms with Gasteiger partial charge in [0.25, 0.3) is 0 Å². The minimum atomic E-state index is -0.154. The lowest BCUT2D eigenvalue weighted by Gasteiger charge is -2.64. The zero-order valence-electron chi connectivity index (χ0n) is 17.2. The monoisotopic (exact) mass is 371 g/mol. The molecule has 1 aromatic carbocycles. The average molecular weight is 372 g/mol. The van der Waals surface area contributed by atoms with Crippen LogP contribution < -0.4 is 14.8 Å². The maximum absolute atomic E-state index is 13.3. The van der Waals surface area contributed by atoms with Gasteiger partial charge >= 0.3 is 0 Å². The zero-order chi connectivity index (χ0) is 19.3. The highest BCUT2D eigenvalue weighted by Gasteiger charge is 2.62. The SMILES string of the molecule is CCOc1ccc(CNC(=O)C23CC4CC(C)(CC(C)(C4)C2)C3)cc1OC. The van der Waals surface area contributed by atoms with E-state index in [0.29, 0.717) is 24.0 Å². The van der Waals surface area contributed by atoms with Crippen molar-refractivity contribution >= 4 is 5.91 Å². The third kappa shape index (κ3) is 3.32. The van der Waals surface area contributed by atoms with Gasteiger partial charge in [-0.05, 0) is 79.9 Å². The summed E-state index contributed by atoms with van der Waals surface area (Å²) in [5.41, 5.74) is 1.60. The fraction of sp³-hybridized carbons (Fsp3) is 0.696. The second-order valence-electron chi connectivity index (χ2n) is 10.0. The number of nitrogens with one attached hydrogen (secondary N) is 1. The van der Waals surface area contributed by atoms with Gasteiger partial charge in [0.15, 0.2) is 11.5 Å². The summed E-state index contributed by atoms with van der Waals surface area (Å²) in [5, 5.41) is 3.26. The van der Waals surface area contributed by atoms with Gasteiger partial charge in [0.1, 0.15) is 0 Å². The molecular weight excluding hydrogens is 338 g/mol. The Hall–Kier alpha value is -1.71. The van der Waals surface area contributed by atoms with Crippen molar-refractivity contribution in [3.63, 3.8) is 0 Å². The van der Waals surface area contributed by atoms with Crippen LogP contribution in [0.3, 0.4) is 0 Å². The molecule has 4 nitrogen and oxygen atoms in total. The number of rotatable bonds is 6. The second-order valence-corrected chi connectivity index (χ2v) is 10.0. The number of hydrogen-bond donors (Lipinski definition) is 1. The van der Waals surface area contributed by atoms with Gasteiger partial charge in [-0.3, -0.25) is 4.79 Å². The topological polar surface area (TPSA) is 47.6 Å². The standard InChI is InChI=1S/C23H33NO3/c1-5-27-18-7-6-16(8-19(18)26-4)12-24-20(25)23-11-17-9-21(2,14-23)13-22(3,10-17)15-23/h6-8,17H,5,9-15H2,1-4H3,(H,24,25). The number of carbonyl (C=O) groups excluding carboxylic acids is 1. The highest BCUT2D eigenvalue weighted by molar-refractivity contribution is 5.83. The number of amides is 1. The van der Waals surface area contributed by atoms with Crippen molar-refractivity contribution in [2.24, 2.45) is 22.2 Å². The highest BCUT2D eigenvalue weighted by Crippen LogP contribution is 2.69. The van der Waals surface area contributed by atoms with Crippen LogP contribution in [0, 0.1) is 22.2 Å². The maximum atomic E-state index is 13.3. The number of methoxy groups -OCH3 is 1. The number of benzene rings is 1. The Morgan fingerprint density at radius 2 is 1.81 bits per heavy atom. The van der Waals surface area contributed by atoms with Gasteiger partial charge in [0.05, 0.1) is 19.1 Å². The minimum absolute atomic E-state index is 0.154. The van der Waals surface area contributed by atoms with Crippen molar-refractivity contribution in [3.8, 4) is 11.5 Å². The van der Waals surface area contributed by atoms with Crippen LogP contribution in [0.25, 0.3) is 0 Å². The van der Waals surface area contributed by atoms with Crippen LogP contribution in [0.2, 0.25) is 0 Å². The predicted octanol–water partition coefficient (Wildman–Crippen LogP) is 4.71. The van der Waals surface area contributed by atoms with Crippen molar-refractivity contribution in [1.82, 2.24) is 5.32 Å². The minimum Gasteiger partial charge on any atom is -0.493 e. The molecule has 0 spiro atoms. The molecule has 27 heavy (non-hydrogen) atoms. The molecule has 0 saturated heterocycles. The van der Waals surface area contributed by atoms with Crippen molar-refractivity contribution in [1.29, 1.82) is 0 Å². The van der Waals surface area contributed by atoms with E-state index in [0.717, 1.165) is 42.2 Å². The summed E-state index contributed by atoms with van der Waals surface area (Å²) in [5.74, 6) is 2.46. The van der Waals surface area contributed by atoms with E-state index in [1.807, 2.05) is 25.1 Å². The van der Waals surface area contributed by atoms with Gasteiger partial charge in [-0.25, -0.2) is 0 Å². The molecule has 0 aromatic heterocycles. The Morgan fingerprint density at radius 1 is 1.11 bits per heavy atom. The number of carbonyl (C=O) groups is 1. The van der Waals surface area contributed by atoms with Crippen LogP contribution >= 0.6 is 0 Å². The molecule has 0 heterocycles. The van der Waals surface area contributed by atoms with Crippen LogP contribution in [-0.2, 0) is 11.3 Å². The molecule has 4 bridgehead atoms. The molecule has 1 aromatic rings. The van der Waals surface area contributed by atoms with Crippen molar-refractivity contribution < 1.29 is 14.3 Å². The predicted molar refractivity (Wildman–Crippen MR) is 106 cm³/mol. The average Bonchev–Trinajstić information content (AvgIpc) is 2.57. The quantitative estimate of drug-likeness (QED) is 0.788. The van der Waals surface area contributed by atoms with E-state index in [2.05, 4.69) is 19.2 Å². The van der Waals surface area contributed by atoms with Crippen molar-refractivity contribution in [2.75, 3.05) is 13.7 Å². The molecule has 2 unspecified atom stereocenters. The van der Waals surface area contributed by atoms with E-state index in [-0.39, 0.29) is 11.3 Å². The van der Waals surface area contributed by atoms with Gasteiger partial charge in [-0.1, -0.05) is 19.9 Å². The molecule has 4 saturated carbocycles. The van der Waals surface area contributed by atoms with Gasteiger partial charge in [0, 0.05) is 6.54 Å². The summed E-state index contributed by atoms with van der Waals surface area (Å²) in [6.07, 6.45) is 7.12. The number of hydrogen-bond acceptors (Lipinski definition) is 3. The smallest absolute Gasteiger partial charge is 0.226 e. The van der Waals surface area contributed by atoms with Gasteiger partial charge in [-0.2, -0.15) is 0 Å². The summed E-state index contributed by atoms with van der Waals surface area (Å²) in [4.78, 5) is 13.3. The fourth-order valence-corrected chi connectivity index (χ4v) is 7.17. The van der Waals surface area contributed by atoms with Crippen LogP contribution in [0.1, 0.15) is 64.9 Å². The molecule has 4 heteroatoms. The Labute approximate surface area is 163 Å².